The fraction of sp³-hybridized carbons (Fsp3) is 0.200. The monoisotopic (exact) mass is 480 g/mol. The van der Waals surface area contributed by atoms with Crippen LogP contribution in [0.25, 0.3) is 16.5 Å². The van der Waals surface area contributed by atoms with Crippen molar-refractivity contribution in [3.05, 3.63) is 77.3 Å². The first-order valence-corrected chi connectivity index (χ1v) is 11.1. The van der Waals surface area contributed by atoms with Crippen LogP contribution in [0.1, 0.15) is 5.56 Å². The third-order valence-corrected chi connectivity index (χ3v) is 5.53. The lowest BCUT2D eigenvalue weighted by Gasteiger charge is -2.13. The van der Waals surface area contributed by atoms with Crippen molar-refractivity contribution in [2.24, 2.45) is 0 Å². The van der Waals surface area contributed by atoms with Crippen molar-refractivity contribution in [1.82, 2.24) is 9.78 Å². The van der Waals surface area contributed by atoms with E-state index in [0.717, 1.165) is 16.5 Å². The number of carbonyl (C=O) groups excluding carboxylic acids is 1. The summed E-state index contributed by atoms with van der Waals surface area (Å²) in [4.78, 5) is 13.0. The van der Waals surface area contributed by atoms with Crippen molar-refractivity contribution in [3.63, 3.8) is 0 Å². The second-order valence-corrected chi connectivity index (χ2v) is 8.07. The number of hydrogen-bond donors (Lipinski definition) is 3. The predicted octanol–water partition coefficient (Wildman–Crippen LogP) is 5.02. The average Bonchev–Trinajstić information content (AvgIpc) is 3.15. The number of fused-ring (bicyclic) bond motifs is 1. The number of aliphatic hydroxyl groups is 1. The van der Waals surface area contributed by atoms with Gasteiger partial charge in [-0.05, 0) is 31.2 Å². The van der Waals surface area contributed by atoms with Gasteiger partial charge in [0.05, 0.1) is 23.5 Å². The number of methoxy groups -OCH3 is 1. The Labute approximate surface area is 202 Å². The molecule has 0 bridgehead atoms. The Balaban J connectivity index is 1.61. The highest BCUT2D eigenvalue weighted by Gasteiger charge is 2.20. The van der Waals surface area contributed by atoms with Crippen molar-refractivity contribution in [2.75, 3.05) is 31.0 Å². The molecular formula is C25H25ClN4O4. The number of ether oxygens (including phenoxy) is 2. The van der Waals surface area contributed by atoms with E-state index in [9.17, 15) is 9.90 Å². The van der Waals surface area contributed by atoms with E-state index in [1.54, 1.807) is 23.7 Å². The van der Waals surface area contributed by atoms with Crippen LogP contribution in [0, 0.1) is 6.92 Å². The molecule has 0 saturated carbocycles. The van der Waals surface area contributed by atoms with E-state index in [0.29, 0.717) is 28.0 Å². The lowest BCUT2D eigenvalue weighted by molar-refractivity contribution is 0.0311. The number of nitrogens with zero attached hydrogens (tertiary/aromatic N) is 2. The maximum Gasteiger partial charge on any atom is 0.324 e. The van der Waals surface area contributed by atoms with Gasteiger partial charge in [0, 0.05) is 22.9 Å². The molecule has 4 rings (SSSR count). The Hall–Kier alpha value is -3.59. The second-order valence-electron chi connectivity index (χ2n) is 7.67. The maximum absolute atomic E-state index is 13.0. The van der Waals surface area contributed by atoms with Crippen LogP contribution in [0.4, 0.5) is 16.3 Å². The van der Waals surface area contributed by atoms with Gasteiger partial charge in [-0.2, -0.15) is 0 Å². The zero-order valence-corrected chi connectivity index (χ0v) is 19.5. The van der Waals surface area contributed by atoms with Gasteiger partial charge in [-0.15, -0.1) is 5.10 Å². The molecular weight excluding hydrogens is 456 g/mol. The number of nitrogens with one attached hydrogen (secondary N) is 2. The predicted molar refractivity (Wildman–Crippen MR) is 133 cm³/mol. The van der Waals surface area contributed by atoms with Crippen LogP contribution in [0.15, 0.2) is 66.7 Å². The smallest absolute Gasteiger partial charge is 0.324 e. The number of rotatable bonds is 8. The summed E-state index contributed by atoms with van der Waals surface area (Å²) in [6, 6.07) is 20.0. The van der Waals surface area contributed by atoms with E-state index in [4.69, 9.17) is 21.1 Å². The first-order valence-electron chi connectivity index (χ1n) is 10.7. The molecule has 0 aliphatic rings. The van der Waals surface area contributed by atoms with Crippen molar-refractivity contribution >= 4 is 39.9 Å². The molecule has 176 valence electrons. The van der Waals surface area contributed by atoms with E-state index in [1.807, 2.05) is 54.6 Å². The summed E-state index contributed by atoms with van der Waals surface area (Å²) in [6.45, 7) is 1.93. The molecule has 0 spiro atoms. The molecule has 4 aromatic rings. The number of urea groups is 1. The number of aromatic nitrogens is 2. The molecule has 0 aliphatic heterocycles. The van der Waals surface area contributed by atoms with Gasteiger partial charge in [-0.1, -0.05) is 54.1 Å². The number of halogens is 1. The van der Waals surface area contributed by atoms with E-state index < -0.39 is 12.1 Å². The average molecular weight is 481 g/mol. The van der Waals surface area contributed by atoms with Crippen LogP contribution in [-0.4, -0.2) is 47.3 Å². The lowest BCUT2D eigenvalue weighted by Crippen LogP contribution is -2.23. The molecule has 34 heavy (non-hydrogen) atoms. The Morgan fingerprint density at radius 2 is 1.74 bits per heavy atom. The normalized spacial score (nSPS) is 11.9. The third-order valence-electron chi connectivity index (χ3n) is 5.20. The Morgan fingerprint density at radius 3 is 2.47 bits per heavy atom. The second kappa shape index (κ2) is 10.6. The summed E-state index contributed by atoms with van der Waals surface area (Å²) >= 11 is 6.30. The fourth-order valence-electron chi connectivity index (χ4n) is 3.56. The summed E-state index contributed by atoms with van der Waals surface area (Å²) in [5, 5.41) is 22.5. The van der Waals surface area contributed by atoms with Gasteiger partial charge in [-0.25, -0.2) is 9.48 Å². The lowest BCUT2D eigenvalue weighted by atomic mass is 10.1. The number of amides is 2. The molecule has 2 amide bonds. The van der Waals surface area contributed by atoms with Crippen molar-refractivity contribution in [1.29, 1.82) is 0 Å². The standard InChI is InChI=1S/C25H25ClN4O4/c1-16-23(28-25(32)27-22-13-12-21(26)19-10-6-7-11-20(19)22)30(17-8-4-3-5-9-17)29-24(16)34-15-18(31)14-33-2/h3-13,18,31H,14-15H2,1-2H3,(H2,27,28,32)/t18-/m0/s1. The topological polar surface area (TPSA) is 97.6 Å². The fourth-order valence-corrected chi connectivity index (χ4v) is 3.79. The molecule has 3 aromatic carbocycles. The highest BCUT2D eigenvalue weighted by Crippen LogP contribution is 2.31. The third kappa shape index (κ3) is 5.14. The minimum Gasteiger partial charge on any atom is -0.474 e. The first-order chi connectivity index (χ1) is 16.5. The summed E-state index contributed by atoms with van der Waals surface area (Å²) in [5.41, 5.74) is 1.98. The molecule has 0 aliphatic carbocycles. The summed E-state index contributed by atoms with van der Waals surface area (Å²) in [6.07, 6.45) is -0.802. The number of anilines is 2. The van der Waals surface area contributed by atoms with E-state index >= 15 is 0 Å². The molecule has 3 N–H and O–H groups in total. The first kappa shape index (κ1) is 23.6. The van der Waals surface area contributed by atoms with Crippen LogP contribution in [0.3, 0.4) is 0 Å². The highest BCUT2D eigenvalue weighted by molar-refractivity contribution is 6.36. The van der Waals surface area contributed by atoms with Crippen LogP contribution in [0.5, 0.6) is 5.88 Å². The van der Waals surface area contributed by atoms with Crippen molar-refractivity contribution in [3.8, 4) is 11.6 Å². The van der Waals surface area contributed by atoms with Crippen LogP contribution in [0.2, 0.25) is 5.02 Å². The largest absolute Gasteiger partial charge is 0.474 e. The molecule has 0 saturated heterocycles. The van der Waals surface area contributed by atoms with Gasteiger partial charge in [0.15, 0.2) is 0 Å². The van der Waals surface area contributed by atoms with Crippen LogP contribution < -0.4 is 15.4 Å². The zero-order chi connectivity index (χ0) is 24.1. The molecule has 1 aromatic heterocycles. The van der Waals surface area contributed by atoms with Gasteiger partial charge in [0.25, 0.3) is 0 Å². The van der Waals surface area contributed by atoms with E-state index in [1.165, 1.54) is 7.11 Å². The summed E-state index contributed by atoms with van der Waals surface area (Å²) < 4.78 is 12.2. The minimum atomic E-state index is -0.802. The van der Waals surface area contributed by atoms with Gasteiger partial charge in [0.1, 0.15) is 18.5 Å². The van der Waals surface area contributed by atoms with Crippen molar-refractivity contribution in [2.45, 2.75) is 13.0 Å². The number of benzene rings is 3. The van der Waals surface area contributed by atoms with E-state index in [-0.39, 0.29) is 13.2 Å². The maximum atomic E-state index is 13.0. The molecule has 0 radical (unpaired) electrons. The summed E-state index contributed by atoms with van der Waals surface area (Å²) in [5.74, 6) is 0.740. The molecule has 1 atom stereocenters. The van der Waals surface area contributed by atoms with Crippen LogP contribution >= 0.6 is 11.6 Å². The quantitative estimate of drug-likeness (QED) is 0.329. The molecule has 9 heteroatoms. The highest BCUT2D eigenvalue weighted by atomic mass is 35.5. The molecule has 0 unspecified atom stereocenters. The van der Waals surface area contributed by atoms with Gasteiger partial charge in [0.2, 0.25) is 5.88 Å². The Kier molecular flexibility index (Phi) is 7.32. The molecule has 1 heterocycles. The van der Waals surface area contributed by atoms with Gasteiger partial charge < -0.3 is 19.9 Å². The number of carbonyl (C=O) groups is 1. The number of hydrogen-bond acceptors (Lipinski definition) is 5. The summed E-state index contributed by atoms with van der Waals surface area (Å²) in [7, 11) is 1.50. The van der Waals surface area contributed by atoms with E-state index in [2.05, 4.69) is 15.7 Å². The SMILES string of the molecule is COC[C@H](O)COc1nn(-c2ccccc2)c(NC(=O)Nc2ccc(Cl)c3ccccc23)c1C. The Morgan fingerprint density at radius 1 is 1.03 bits per heavy atom. The minimum absolute atomic E-state index is 0.00286. The van der Waals surface area contributed by atoms with Gasteiger partial charge in [-0.3, -0.25) is 5.32 Å². The Bertz CT molecular complexity index is 1290. The number of para-hydroxylation sites is 1. The molecule has 0 fully saturated rings. The molecule has 8 nitrogen and oxygen atoms in total. The van der Waals surface area contributed by atoms with Crippen LogP contribution in [-0.2, 0) is 4.74 Å². The zero-order valence-electron chi connectivity index (χ0n) is 18.8. The van der Waals surface area contributed by atoms with Gasteiger partial charge >= 0.3 is 6.03 Å². The number of aliphatic hydroxyl groups excluding tert-OH is 1. The van der Waals surface area contributed by atoms with Crippen molar-refractivity contribution < 1.29 is 19.4 Å².